The van der Waals surface area contributed by atoms with Crippen LogP contribution in [0, 0.1) is 5.82 Å². The zero-order valence-electron chi connectivity index (χ0n) is 12.6. The van der Waals surface area contributed by atoms with E-state index in [1.54, 1.807) is 0 Å². The van der Waals surface area contributed by atoms with Crippen molar-refractivity contribution in [3.63, 3.8) is 0 Å². The van der Waals surface area contributed by atoms with Crippen LogP contribution in [-0.4, -0.2) is 29.7 Å². The molecular weight excluding hydrogens is 295 g/mol. The molecule has 2 aromatic rings. The van der Waals surface area contributed by atoms with E-state index in [1.165, 1.54) is 12.1 Å². The van der Waals surface area contributed by atoms with Gasteiger partial charge < -0.3 is 10.3 Å². The van der Waals surface area contributed by atoms with Crippen LogP contribution >= 0.6 is 0 Å². The number of H-pyrrole nitrogens is 1. The molecule has 6 heteroatoms. The molecule has 0 radical (unpaired) electrons. The Labute approximate surface area is 132 Å². The summed E-state index contributed by atoms with van der Waals surface area (Å²) in [7, 11) is 0. The lowest BCUT2D eigenvalue weighted by Gasteiger charge is -2.14. The highest BCUT2D eigenvalue weighted by Crippen LogP contribution is 2.54. The predicted molar refractivity (Wildman–Crippen MR) is 85.3 cm³/mol. The normalized spacial score (nSPS) is 22.0. The van der Waals surface area contributed by atoms with Crippen LogP contribution in [0.2, 0.25) is 0 Å². The van der Waals surface area contributed by atoms with Crippen LogP contribution in [0.4, 0.5) is 4.39 Å². The van der Waals surface area contributed by atoms with Gasteiger partial charge in [-0.25, -0.2) is 9.82 Å². The van der Waals surface area contributed by atoms with Crippen LogP contribution in [0.1, 0.15) is 47.3 Å². The zero-order valence-corrected chi connectivity index (χ0v) is 12.6. The molecule has 5 rings (SSSR count). The number of rotatable bonds is 0. The summed E-state index contributed by atoms with van der Waals surface area (Å²) >= 11 is 0. The minimum absolute atomic E-state index is 0.141. The molecule has 1 spiro atoms. The van der Waals surface area contributed by atoms with Crippen molar-refractivity contribution in [1.82, 2.24) is 15.7 Å². The molecule has 5 nitrogen and oxygen atoms in total. The fourth-order valence-electron chi connectivity index (χ4n) is 4.06. The van der Waals surface area contributed by atoms with Gasteiger partial charge in [-0.05, 0) is 44.4 Å². The second-order valence-corrected chi connectivity index (χ2v) is 6.81. The molecule has 3 aliphatic rings. The highest BCUT2D eigenvalue weighted by Gasteiger charge is 2.48. The highest BCUT2D eigenvalue weighted by molar-refractivity contribution is 6.21. The van der Waals surface area contributed by atoms with Crippen molar-refractivity contribution in [2.45, 2.75) is 31.1 Å². The summed E-state index contributed by atoms with van der Waals surface area (Å²) in [5.74, 6) is -0.751. The Morgan fingerprint density at radius 1 is 1.22 bits per heavy atom. The smallest absolute Gasteiger partial charge is 0.272 e. The first kappa shape index (κ1) is 13.2. The number of amides is 1. The van der Waals surface area contributed by atoms with E-state index in [0.29, 0.717) is 17.6 Å². The summed E-state index contributed by atoms with van der Waals surface area (Å²) in [5, 5.41) is 8.54. The number of benzene rings is 1. The van der Waals surface area contributed by atoms with Crippen molar-refractivity contribution in [2.24, 2.45) is 5.10 Å². The molecule has 1 fully saturated rings. The van der Waals surface area contributed by atoms with Gasteiger partial charge in [-0.2, -0.15) is 5.10 Å². The van der Waals surface area contributed by atoms with Crippen molar-refractivity contribution in [3.05, 3.63) is 34.8 Å². The quantitative estimate of drug-likeness (QED) is 0.698. The SMILES string of the molecule is O=C1NN=C2CNCCCC3(CC3)c3[nH]c4cc(F)cc1c4c32. The number of hydrogen-bond acceptors (Lipinski definition) is 3. The van der Waals surface area contributed by atoms with Crippen LogP contribution in [0.3, 0.4) is 0 Å². The molecule has 0 unspecified atom stereocenters. The number of carbonyl (C=O) groups is 1. The van der Waals surface area contributed by atoms with E-state index >= 15 is 0 Å². The maximum Gasteiger partial charge on any atom is 0.272 e. The third-order valence-electron chi connectivity index (χ3n) is 5.37. The van der Waals surface area contributed by atoms with Crippen LogP contribution in [0.15, 0.2) is 17.2 Å². The number of nitrogens with zero attached hydrogens (tertiary/aromatic N) is 1. The molecule has 1 saturated carbocycles. The Bertz CT molecular complexity index is 878. The molecule has 23 heavy (non-hydrogen) atoms. The van der Waals surface area contributed by atoms with Gasteiger partial charge in [-0.1, -0.05) is 0 Å². The van der Waals surface area contributed by atoms with Crippen molar-refractivity contribution >= 4 is 22.5 Å². The molecule has 2 aliphatic heterocycles. The fourth-order valence-corrected chi connectivity index (χ4v) is 4.06. The lowest BCUT2D eigenvalue weighted by Crippen LogP contribution is -2.26. The van der Waals surface area contributed by atoms with E-state index in [-0.39, 0.29) is 11.3 Å². The molecule has 1 amide bonds. The maximum atomic E-state index is 14.0. The lowest BCUT2D eigenvalue weighted by molar-refractivity contribution is 0.0956. The van der Waals surface area contributed by atoms with Gasteiger partial charge in [0.25, 0.3) is 5.91 Å². The van der Waals surface area contributed by atoms with Gasteiger partial charge in [0.1, 0.15) is 5.82 Å². The van der Waals surface area contributed by atoms with E-state index in [4.69, 9.17) is 0 Å². The number of hydrogen-bond donors (Lipinski definition) is 3. The zero-order chi connectivity index (χ0) is 15.6. The van der Waals surface area contributed by atoms with E-state index in [0.717, 1.165) is 54.6 Å². The summed E-state index contributed by atoms with van der Waals surface area (Å²) < 4.78 is 14.0. The second-order valence-electron chi connectivity index (χ2n) is 6.81. The van der Waals surface area contributed by atoms with Gasteiger partial charge in [-0.15, -0.1) is 0 Å². The molecule has 3 N–H and O–H groups in total. The number of aromatic amines is 1. The first-order valence-electron chi connectivity index (χ1n) is 8.12. The summed E-state index contributed by atoms with van der Waals surface area (Å²) in [5.41, 5.74) is 6.74. The lowest BCUT2D eigenvalue weighted by atomic mass is 9.90. The first-order valence-corrected chi connectivity index (χ1v) is 8.12. The Hall–Kier alpha value is -2.21. The van der Waals surface area contributed by atoms with Crippen LogP contribution in [0.25, 0.3) is 10.9 Å². The summed E-state index contributed by atoms with van der Waals surface area (Å²) in [4.78, 5) is 15.8. The molecule has 0 saturated heterocycles. The molecule has 118 valence electrons. The molecule has 1 aromatic heterocycles. The fraction of sp³-hybridized carbons (Fsp3) is 0.412. The largest absolute Gasteiger partial charge is 0.357 e. The van der Waals surface area contributed by atoms with Gasteiger partial charge in [0.2, 0.25) is 0 Å². The van der Waals surface area contributed by atoms with E-state index < -0.39 is 5.82 Å². The van der Waals surface area contributed by atoms with Crippen molar-refractivity contribution < 1.29 is 9.18 Å². The Balaban J connectivity index is 1.89. The minimum Gasteiger partial charge on any atom is -0.357 e. The number of halogens is 1. The maximum absolute atomic E-state index is 14.0. The van der Waals surface area contributed by atoms with E-state index in [2.05, 4.69) is 20.8 Å². The van der Waals surface area contributed by atoms with Crippen LogP contribution in [0.5, 0.6) is 0 Å². The van der Waals surface area contributed by atoms with Gasteiger partial charge in [-0.3, -0.25) is 4.79 Å². The minimum atomic E-state index is -0.402. The number of aromatic nitrogens is 1. The monoisotopic (exact) mass is 312 g/mol. The Kier molecular flexibility index (Phi) is 2.54. The topological polar surface area (TPSA) is 69.3 Å². The van der Waals surface area contributed by atoms with Gasteiger partial charge in [0, 0.05) is 28.6 Å². The predicted octanol–water partition coefficient (Wildman–Crippen LogP) is 2.17. The third kappa shape index (κ3) is 1.81. The molecular formula is C17H17FN4O. The molecule has 1 aromatic carbocycles. The van der Waals surface area contributed by atoms with Gasteiger partial charge in [0.05, 0.1) is 16.8 Å². The van der Waals surface area contributed by atoms with Crippen molar-refractivity contribution in [2.75, 3.05) is 13.1 Å². The van der Waals surface area contributed by atoms with E-state index in [1.807, 2.05) is 0 Å². The molecule has 3 heterocycles. The third-order valence-corrected chi connectivity index (χ3v) is 5.37. The van der Waals surface area contributed by atoms with Crippen molar-refractivity contribution in [1.29, 1.82) is 0 Å². The summed E-state index contributed by atoms with van der Waals surface area (Å²) in [6.07, 6.45) is 4.49. The second kappa shape index (κ2) is 4.41. The van der Waals surface area contributed by atoms with Crippen molar-refractivity contribution in [3.8, 4) is 0 Å². The van der Waals surface area contributed by atoms with Gasteiger partial charge in [0.15, 0.2) is 0 Å². The van der Waals surface area contributed by atoms with Crippen LogP contribution < -0.4 is 10.7 Å². The molecule has 1 aliphatic carbocycles. The number of carbonyl (C=O) groups excluding carboxylic acids is 1. The highest BCUT2D eigenvalue weighted by atomic mass is 19.1. The first-order chi connectivity index (χ1) is 11.2. The average Bonchev–Trinajstić information content (AvgIpc) is 3.22. The Morgan fingerprint density at radius 3 is 2.91 bits per heavy atom. The number of nitrogens with one attached hydrogen (secondary N) is 3. The van der Waals surface area contributed by atoms with Gasteiger partial charge >= 0.3 is 0 Å². The molecule has 0 bridgehead atoms. The summed E-state index contributed by atoms with van der Waals surface area (Å²) in [6.45, 7) is 1.55. The van der Waals surface area contributed by atoms with E-state index in [9.17, 15) is 9.18 Å². The molecule has 0 atom stereocenters. The Morgan fingerprint density at radius 2 is 2.09 bits per heavy atom. The number of fused-ring (bicyclic) bond motifs is 1. The number of hydrazone groups is 1. The van der Waals surface area contributed by atoms with Crippen LogP contribution in [-0.2, 0) is 5.41 Å². The standard InChI is InChI=1S/C17H17FN4O/c18-9-6-10-13-11(7-9)20-15-14(13)12(21-22-16(10)23)8-19-5-1-2-17(15)3-4-17/h6-7,19-20H,1-5,8H2,(H,22,23). The average molecular weight is 312 g/mol. The summed E-state index contributed by atoms with van der Waals surface area (Å²) in [6, 6.07) is 2.79.